The molecule has 1 aromatic rings. The number of piperidine rings is 1. The van der Waals surface area contributed by atoms with E-state index in [1.807, 2.05) is 29.2 Å². The Balaban J connectivity index is 1.07. The first-order valence-corrected chi connectivity index (χ1v) is 12.9. The minimum atomic E-state index is -0.193. The highest BCUT2D eigenvalue weighted by Gasteiger charge is 2.51. The van der Waals surface area contributed by atoms with Crippen molar-refractivity contribution in [2.45, 2.75) is 70.8 Å². The molecular formula is C27H37N3O3. The van der Waals surface area contributed by atoms with Crippen LogP contribution in [0.25, 0.3) is 0 Å². The van der Waals surface area contributed by atoms with Crippen LogP contribution in [-0.2, 0) is 16.1 Å². The molecule has 0 spiro atoms. The minimum Gasteiger partial charge on any atom is -0.350 e. The standard InChI is InChI=1S/C27H37N3O3/c31-24(16-27-13-20-9-21(14-27)11-22(10-20)15-27)29-18-25(32)28-17-19-5-4-6-23(12-19)26(33)30-7-2-1-3-8-30/h4-6,12,20-22H,1-3,7-11,13-18H2,(H,28,32)(H,29,31). The molecule has 5 fully saturated rings. The second-order valence-electron chi connectivity index (χ2n) is 11.2. The summed E-state index contributed by atoms with van der Waals surface area (Å²) in [4.78, 5) is 39.6. The average Bonchev–Trinajstić information content (AvgIpc) is 2.80. The summed E-state index contributed by atoms with van der Waals surface area (Å²) >= 11 is 0. The van der Waals surface area contributed by atoms with Crippen LogP contribution >= 0.6 is 0 Å². The Hall–Kier alpha value is -2.37. The number of benzene rings is 1. The number of carbonyl (C=O) groups is 3. The summed E-state index contributed by atoms with van der Waals surface area (Å²) in [5.74, 6) is 2.36. The van der Waals surface area contributed by atoms with Crippen molar-refractivity contribution in [3.05, 3.63) is 35.4 Å². The van der Waals surface area contributed by atoms with Crippen LogP contribution < -0.4 is 10.6 Å². The van der Waals surface area contributed by atoms with Gasteiger partial charge < -0.3 is 15.5 Å². The molecule has 4 bridgehead atoms. The fourth-order valence-corrected chi connectivity index (χ4v) is 7.45. The molecule has 0 atom stereocenters. The van der Waals surface area contributed by atoms with E-state index in [0.717, 1.165) is 49.2 Å². The van der Waals surface area contributed by atoms with Crippen LogP contribution in [0.2, 0.25) is 0 Å². The lowest BCUT2D eigenvalue weighted by molar-refractivity contribution is -0.131. The zero-order valence-electron chi connectivity index (χ0n) is 19.6. The fraction of sp³-hybridized carbons (Fsp3) is 0.667. The second-order valence-corrected chi connectivity index (χ2v) is 11.2. The molecule has 5 aliphatic rings. The van der Waals surface area contributed by atoms with Crippen molar-refractivity contribution in [2.24, 2.45) is 23.2 Å². The largest absolute Gasteiger partial charge is 0.350 e. The summed E-state index contributed by atoms with van der Waals surface area (Å²) in [6.45, 7) is 2.01. The number of nitrogens with one attached hydrogen (secondary N) is 2. The van der Waals surface area contributed by atoms with Crippen LogP contribution in [-0.4, -0.2) is 42.3 Å². The fourth-order valence-electron chi connectivity index (χ4n) is 7.45. The molecule has 6 rings (SSSR count). The molecule has 1 aliphatic heterocycles. The lowest BCUT2D eigenvalue weighted by Gasteiger charge is -2.56. The smallest absolute Gasteiger partial charge is 0.253 e. The quantitative estimate of drug-likeness (QED) is 0.664. The molecule has 0 aromatic heterocycles. The summed E-state index contributed by atoms with van der Waals surface area (Å²) in [6.07, 6.45) is 11.6. The van der Waals surface area contributed by atoms with Gasteiger partial charge in [-0.25, -0.2) is 0 Å². The van der Waals surface area contributed by atoms with Gasteiger partial charge in [-0.3, -0.25) is 14.4 Å². The van der Waals surface area contributed by atoms with Gasteiger partial charge in [0.05, 0.1) is 6.54 Å². The third-order valence-corrected chi connectivity index (χ3v) is 8.45. The Kier molecular flexibility index (Phi) is 6.44. The first kappa shape index (κ1) is 22.4. The molecule has 3 amide bonds. The van der Waals surface area contributed by atoms with Crippen molar-refractivity contribution in [1.82, 2.24) is 15.5 Å². The van der Waals surface area contributed by atoms with E-state index in [1.54, 1.807) is 0 Å². The van der Waals surface area contributed by atoms with E-state index in [1.165, 1.54) is 44.9 Å². The van der Waals surface area contributed by atoms with E-state index < -0.39 is 0 Å². The zero-order chi connectivity index (χ0) is 22.8. The molecule has 178 valence electrons. The van der Waals surface area contributed by atoms with Crippen LogP contribution in [0.1, 0.15) is 80.1 Å². The van der Waals surface area contributed by atoms with E-state index in [9.17, 15) is 14.4 Å². The van der Waals surface area contributed by atoms with Crippen molar-refractivity contribution < 1.29 is 14.4 Å². The lowest BCUT2D eigenvalue weighted by atomic mass is 9.49. The number of likely N-dealkylation sites (tertiary alicyclic amines) is 1. The van der Waals surface area contributed by atoms with Gasteiger partial charge in [0.25, 0.3) is 5.91 Å². The minimum absolute atomic E-state index is 0.0115. The zero-order valence-corrected chi connectivity index (χ0v) is 19.6. The molecule has 1 saturated heterocycles. The number of nitrogens with zero attached hydrogens (tertiary/aromatic N) is 1. The first-order valence-electron chi connectivity index (χ1n) is 12.9. The second kappa shape index (κ2) is 9.47. The van der Waals surface area contributed by atoms with Gasteiger partial charge in [-0.1, -0.05) is 12.1 Å². The number of rotatable bonds is 7. The summed E-state index contributed by atoms with van der Waals surface area (Å²) < 4.78 is 0. The molecule has 4 saturated carbocycles. The van der Waals surface area contributed by atoms with Gasteiger partial charge in [0.1, 0.15) is 0 Å². The molecule has 4 aliphatic carbocycles. The maximum atomic E-state index is 12.7. The molecule has 1 heterocycles. The van der Waals surface area contributed by atoms with Gasteiger partial charge in [-0.2, -0.15) is 0 Å². The van der Waals surface area contributed by atoms with Crippen molar-refractivity contribution in [1.29, 1.82) is 0 Å². The molecule has 1 aromatic carbocycles. The van der Waals surface area contributed by atoms with Crippen molar-refractivity contribution >= 4 is 17.7 Å². The number of amides is 3. The van der Waals surface area contributed by atoms with Crippen molar-refractivity contribution in [2.75, 3.05) is 19.6 Å². The summed E-state index contributed by atoms with van der Waals surface area (Å²) in [5.41, 5.74) is 1.76. The van der Waals surface area contributed by atoms with E-state index in [4.69, 9.17) is 0 Å². The molecule has 6 nitrogen and oxygen atoms in total. The van der Waals surface area contributed by atoms with E-state index in [-0.39, 0.29) is 29.7 Å². The van der Waals surface area contributed by atoms with Crippen LogP contribution in [0.4, 0.5) is 0 Å². The van der Waals surface area contributed by atoms with Crippen LogP contribution in [0.3, 0.4) is 0 Å². The maximum Gasteiger partial charge on any atom is 0.253 e. The van der Waals surface area contributed by atoms with Gasteiger partial charge in [-0.05, 0) is 98.7 Å². The summed E-state index contributed by atoms with van der Waals surface area (Å²) in [7, 11) is 0. The predicted molar refractivity (Wildman–Crippen MR) is 126 cm³/mol. The molecule has 33 heavy (non-hydrogen) atoms. The van der Waals surface area contributed by atoms with E-state index in [0.29, 0.717) is 18.5 Å². The maximum absolute atomic E-state index is 12.7. The van der Waals surface area contributed by atoms with Crippen LogP contribution in [0.15, 0.2) is 24.3 Å². The monoisotopic (exact) mass is 451 g/mol. The third-order valence-electron chi connectivity index (χ3n) is 8.45. The Labute approximate surface area is 196 Å². The Morgan fingerprint density at radius 2 is 1.55 bits per heavy atom. The summed E-state index contributed by atoms with van der Waals surface area (Å²) in [6, 6.07) is 7.49. The average molecular weight is 452 g/mol. The highest BCUT2D eigenvalue weighted by molar-refractivity contribution is 5.94. The van der Waals surface area contributed by atoms with Crippen LogP contribution in [0.5, 0.6) is 0 Å². The third kappa shape index (κ3) is 5.25. The lowest BCUT2D eigenvalue weighted by Crippen LogP contribution is -2.48. The normalized spacial score (nSPS) is 30.2. The van der Waals surface area contributed by atoms with Gasteiger partial charge in [-0.15, -0.1) is 0 Å². The summed E-state index contributed by atoms with van der Waals surface area (Å²) in [5, 5.41) is 5.74. The molecule has 0 radical (unpaired) electrons. The highest BCUT2D eigenvalue weighted by Crippen LogP contribution is 2.61. The van der Waals surface area contributed by atoms with Gasteiger partial charge in [0.2, 0.25) is 11.8 Å². The number of carbonyl (C=O) groups excluding carboxylic acids is 3. The highest BCUT2D eigenvalue weighted by atomic mass is 16.2. The Morgan fingerprint density at radius 1 is 0.879 bits per heavy atom. The number of hydrogen-bond donors (Lipinski definition) is 2. The molecule has 6 heteroatoms. The van der Waals surface area contributed by atoms with E-state index >= 15 is 0 Å². The van der Waals surface area contributed by atoms with Gasteiger partial charge >= 0.3 is 0 Å². The van der Waals surface area contributed by atoms with Gasteiger partial charge in [0, 0.05) is 31.6 Å². The number of hydrogen-bond acceptors (Lipinski definition) is 3. The van der Waals surface area contributed by atoms with Gasteiger partial charge in [0.15, 0.2) is 0 Å². The first-order chi connectivity index (χ1) is 16.0. The molecule has 0 unspecified atom stereocenters. The van der Waals surface area contributed by atoms with E-state index in [2.05, 4.69) is 10.6 Å². The molecule has 2 N–H and O–H groups in total. The Morgan fingerprint density at radius 3 is 2.21 bits per heavy atom. The Bertz CT molecular complexity index is 870. The molecular weight excluding hydrogens is 414 g/mol. The SMILES string of the molecule is O=C(CNC(=O)CC12CC3CC(CC(C3)C1)C2)NCc1cccc(C(=O)N2CCCCC2)c1. The van der Waals surface area contributed by atoms with Crippen molar-refractivity contribution in [3.63, 3.8) is 0 Å². The topological polar surface area (TPSA) is 78.5 Å². The van der Waals surface area contributed by atoms with Crippen molar-refractivity contribution in [3.8, 4) is 0 Å². The van der Waals surface area contributed by atoms with Crippen LogP contribution in [0, 0.1) is 23.2 Å². The predicted octanol–water partition coefficient (Wildman–Crippen LogP) is 3.65.